The molecule has 0 bridgehead atoms. The summed E-state index contributed by atoms with van der Waals surface area (Å²) in [6, 6.07) is 13.5. The molecule has 0 amide bonds. The molecule has 1 saturated heterocycles. The van der Waals surface area contributed by atoms with E-state index in [1.165, 1.54) is 19.4 Å². The fraction of sp³-hybridized carbons (Fsp3) is 0.409. The Labute approximate surface area is 155 Å². The van der Waals surface area contributed by atoms with Crippen LogP contribution in [0.15, 0.2) is 36.4 Å². The minimum Gasteiger partial charge on any atom is -0.300 e. The summed E-state index contributed by atoms with van der Waals surface area (Å²) >= 11 is 0. The summed E-state index contributed by atoms with van der Waals surface area (Å²) in [6.45, 7) is 8.69. The van der Waals surface area contributed by atoms with Crippen molar-refractivity contribution in [3.8, 4) is 11.1 Å². The predicted molar refractivity (Wildman–Crippen MR) is 106 cm³/mol. The molecule has 3 aromatic rings. The van der Waals surface area contributed by atoms with Gasteiger partial charge in [0.1, 0.15) is 0 Å². The Bertz CT molecular complexity index is 935. The monoisotopic (exact) mass is 346 g/mol. The van der Waals surface area contributed by atoms with Gasteiger partial charge in [-0.25, -0.2) is 0 Å². The van der Waals surface area contributed by atoms with Gasteiger partial charge >= 0.3 is 0 Å². The van der Waals surface area contributed by atoms with Crippen molar-refractivity contribution in [2.45, 2.75) is 46.1 Å². The van der Waals surface area contributed by atoms with Gasteiger partial charge in [-0.2, -0.15) is 10.2 Å². The second-order valence-electron chi connectivity index (χ2n) is 7.47. The minimum atomic E-state index is 0.706. The van der Waals surface area contributed by atoms with Crippen LogP contribution < -0.4 is 0 Å². The van der Waals surface area contributed by atoms with Gasteiger partial charge in [0.2, 0.25) is 0 Å². The zero-order valence-electron chi connectivity index (χ0n) is 15.9. The molecule has 1 aliphatic heterocycles. The second kappa shape index (κ2) is 7.12. The molecule has 0 unspecified atom stereocenters. The Balaban J connectivity index is 1.56. The third-order valence-electron chi connectivity index (χ3n) is 5.52. The Hall–Kier alpha value is -2.33. The van der Waals surface area contributed by atoms with Crippen LogP contribution in [0.4, 0.5) is 0 Å². The van der Waals surface area contributed by atoms with Gasteiger partial charge in [0.05, 0.1) is 11.2 Å². The first-order valence-corrected chi connectivity index (χ1v) is 9.55. The maximum absolute atomic E-state index is 4.57. The van der Waals surface area contributed by atoms with Crippen molar-refractivity contribution in [3.05, 3.63) is 53.5 Å². The molecule has 0 radical (unpaired) electrons. The van der Waals surface area contributed by atoms with Crippen LogP contribution in [-0.2, 0) is 6.42 Å². The van der Waals surface area contributed by atoms with Gasteiger partial charge in [0.25, 0.3) is 0 Å². The number of fused-ring (bicyclic) bond motifs is 1. The van der Waals surface area contributed by atoms with E-state index in [9.17, 15) is 0 Å². The number of hydrogen-bond donors (Lipinski definition) is 0. The average molecular weight is 346 g/mol. The number of likely N-dealkylation sites (tertiary alicyclic amines) is 1. The van der Waals surface area contributed by atoms with E-state index in [4.69, 9.17) is 0 Å². The first-order valence-electron chi connectivity index (χ1n) is 9.55. The molecule has 1 aromatic carbocycles. The second-order valence-corrected chi connectivity index (χ2v) is 7.47. The van der Waals surface area contributed by atoms with E-state index in [0.29, 0.717) is 6.04 Å². The summed E-state index contributed by atoms with van der Waals surface area (Å²) in [5.74, 6) is 0. The van der Waals surface area contributed by atoms with Gasteiger partial charge in [-0.05, 0) is 63.9 Å². The van der Waals surface area contributed by atoms with Crippen molar-refractivity contribution in [2.75, 3.05) is 13.1 Å². The zero-order chi connectivity index (χ0) is 18.1. The van der Waals surface area contributed by atoms with Crippen molar-refractivity contribution >= 4 is 10.9 Å². The van der Waals surface area contributed by atoms with E-state index in [2.05, 4.69) is 70.3 Å². The summed E-state index contributed by atoms with van der Waals surface area (Å²) in [7, 11) is 0. The maximum Gasteiger partial charge on any atom is 0.0936 e. The first-order chi connectivity index (χ1) is 12.6. The molecule has 1 fully saturated rings. The largest absolute Gasteiger partial charge is 0.300 e. The summed E-state index contributed by atoms with van der Waals surface area (Å²) in [4.78, 5) is 7.13. The smallest absolute Gasteiger partial charge is 0.0936 e. The number of benzene rings is 1. The minimum absolute atomic E-state index is 0.706. The van der Waals surface area contributed by atoms with Gasteiger partial charge in [0.15, 0.2) is 0 Å². The van der Waals surface area contributed by atoms with Crippen LogP contribution in [0.25, 0.3) is 22.0 Å². The standard InChI is InChI=1S/C22H26N4/c1-15-6-9-21(17(3)23-15)18-7-8-19-13-20(24-25-22(19)14-18)10-12-26-11-4-5-16(26)2/h6-9,13-14,16H,4-5,10-12H2,1-3H3/t16-/m1/s1. The SMILES string of the molecule is Cc1ccc(-c2ccc3cc(CCN4CCC[C@H]4C)nnc3c2)c(C)n1. The highest BCUT2D eigenvalue weighted by Crippen LogP contribution is 2.26. The molecule has 26 heavy (non-hydrogen) atoms. The number of aryl methyl sites for hydroxylation is 2. The molecule has 0 N–H and O–H groups in total. The molecule has 1 atom stereocenters. The quantitative estimate of drug-likeness (QED) is 0.705. The van der Waals surface area contributed by atoms with E-state index >= 15 is 0 Å². The zero-order valence-corrected chi connectivity index (χ0v) is 15.9. The molecule has 2 aromatic heterocycles. The molecule has 134 valence electrons. The summed E-state index contributed by atoms with van der Waals surface area (Å²) in [6.07, 6.45) is 3.61. The van der Waals surface area contributed by atoms with Gasteiger partial charge < -0.3 is 4.90 Å². The molecule has 4 heteroatoms. The van der Waals surface area contributed by atoms with E-state index in [1.54, 1.807) is 0 Å². The molecular formula is C22H26N4. The van der Waals surface area contributed by atoms with Crippen LogP contribution in [0.2, 0.25) is 0 Å². The Morgan fingerprint density at radius 2 is 1.96 bits per heavy atom. The van der Waals surface area contributed by atoms with E-state index < -0.39 is 0 Å². The van der Waals surface area contributed by atoms with Crippen molar-refractivity contribution in [1.29, 1.82) is 0 Å². The average Bonchev–Trinajstić information content (AvgIpc) is 3.04. The Kier molecular flexibility index (Phi) is 4.68. The molecule has 1 aliphatic rings. The van der Waals surface area contributed by atoms with Crippen LogP contribution in [0.3, 0.4) is 0 Å². The van der Waals surface area contributed by atoms with Crippen LogP contribution in [0, 0.1) is 13.8 Å². The van der Waals surface area contributed by atoms with Gasteiger partial charge in [-0.1, -0.05) is 18.2 Å². The maximum atomic E-state index is 4.57. The van der Waals surface area contributed by atoms with Crippen molar-refractivity contribution in [2.24, 2.45) is 0 Å². The molecule has 0 spiro atoms. The normalized spacial score (nSPS) is 17.9. The van der Waals surface area contributed by atoms with Crippen LogP contribution in [0.1, 0.15) is 36.8 Å². The highest BCUT2D eigenvalue weighted by atomic mass is 15.2. The summed E-state index contributed by atoms with van der Waals surface area (Å²) in [5, 5.41) is 10.1. The van der Waals surface area contributed by atoms with Crippen molar-refractivity contribution in [3.63, 3.8) is 0 Å². The lowest BCUT2D eigenvalue weighted by atomic mass is 10.0. The molecule has 4 nitrogen and oxygen atoms in total. The number of nitrogens with zero attached hydrogens (tertiary/aromatic N) is 4. The molecule has 4 rings (SSSR count). The van der Waals surface area contributed by atoms with Crippen LogP contribution in [0.5, 0.6) is 0 Å². The first kappa shape index (κ1) is 17.1. The molecular weight excluding hydrogens is 320 g/mol. The number of hydrogen-bond acceptors (Lipinski definition) is 4. The lowest BCUT2D eigenvalue weighted by molar-refractivity contribution is 0.271. The lowest BCUT2D eigenvalue weighted by Gasteiger charge is -2.20. The third-order valence-corrected chi connectivity index (χ3v) is 5.52. The van der Waals surface area contributed by atoms with E-state index in [1.807, 2.05) is 6.92 Å². The number of aromatic nitrogens is 3. The van der Waals surface area contributed by atoms with Crippen LogP contribution in [-0.4, -0.2) is 39.2 Å². The highest BCUT2D eigenvalue weighted by molar-refractivity contribution is 5.84. The topological polar surface area (TPSA) is 41.9 Å². The van der Waals surface area contributed by atoms with Crippen LogP contribution >= 0.6 is 0 Å². The molecule has 0 aliphatic carbocycles. The predicted octanol–water partition coefficient (Wildman–Crippen LogP) is 4.34. The molecule has 0 saturated carbocycles. The van der Waals surface area contributed by atoms with Gasteiger partial charge in [0, 0.05) is 41.3 Å². The molecule has 3 heterocycles. The summed E-state index contributed by atoms with van der Waals surface area (Å²) in [5.41, 5.74) is 6.43. The van der Waals surface area contributed by atoms with Crippen molar-refractivity contribution in [1.82, 2.24) is 20.1 Å². The fourth-order valence-corrected chi connectivity index (χ4v) is 3.94. The number of pyridine rings is 1. The fourth-order valence-electron chi connectivity index (χ4n) is 3.94. The lowest BCUT2D eigenvalue weighted by Crippen LogP contribution is -2.29. The summed E-state index contributed by atoms with van der Waals surface area (Å²) < 4.78 is 0. The van der Waals surface area contributed by atoms with E-state index in [-0.39, 0.29) is 0 Å². The van der Waals surface area contributed by atoms with Gasteiger partial charge in [-0.3, -0.25) is 4.98 Å². The highest BCUT2D eigenvalue weighted by Gasteiger charge is 2.19. The Morgan fingerprint density at radius 1 is 1.08 bits per heavy atom. The van der Waals surface area contributed by atoms with E-state index in [0.717, 1.165) is 52.1 Å². The third kappa shape index (κ3) is 3.47. The van der Waals surface area contributed by atoms with Crippen molar-refractivity contribution < 1.29 is 0 Å². The number of rotatable bonds is 4. The Morgan fingerprint density at radius 3 is 2.73 bits per heavy atom. The van der Waals surface area contributed by atoms with Gasteiger partial charge in [-0.15, -0.1) is 0 Å².